The van der Waals surface area contributed by atoms with Gasteiger partial charge in [0.15, 0.2) is 0 Å². The van der Waals surface area contributed by atoms with Crippen molar-refractivity contribution in [3.63, 3.8) is 0 Å². The van der Waals surface area contributed by atoms with Gasteiger partial charge in [0.05, 0.1) is 20.3 Å². The van der Waals surface area contributed by atoms with E-state index in [9.17, 15) is 31.7 Å². The lowest BCUT2D eigenvalue weighted by Gasteiger charge is -2.13. The maximum Gasteiger partial charge on any atom is 0.417 e. The van der Waals surface area contributed by atoms with Crippen LogP contribution in [0.1, 0.15) is 5.56 Å². The molecule has 2 N–H and O–H groups in total. The molecule has 0 aliphatic rings. The fourth-order valence-electron chi connectivity index (χ4n) is 1.86. The molecule has 0 spiro atoms. The van der Waals surface area contributed by atoms with Crippen molar-refractivity contribution < 1.29 is 26.5 Å². The van der Waals surface area contributed by atoms with Gasteiger partial charge in [0.2, 0.25) is 9.84 Å². The second-order valence-corrected chi connectivity index (χ2v) is 6.43. The fourth-order valence-corrected chi connectivity index (χ4v) is 3.32. The number of non-ortho nitro benzene ring substituents is 1. The predicted molar refractivity (Wildman–Crippen MR) is 74.4 cm³/mol. The van der Waals surface area contributed by atoms with E-state index in [-0.39, 0.29) is 11.8 Å². The first kappa shape index (κ1) is 16.7. The number of sulfone groups is 1. The zero-order chi connectivity index (χ0) is 17.4. The van der Waals surface area contributed by atoms with Crippen molar-refractivity contribution in [2.24, 2.45) is 0 Å². The normalized spacial score (nSPS) is 12.1. The summed E-state index contributed by atoms with van der Waals surface area (Å²) in [7, 11) is -4.51. The van der Waals surface area contributed by atoms with Crippen LogP contribution in [0.25, 0.3) is 0 Å². The number of nitrogens with zero attached hydrogens (tertiary/aromatic N) is 1. The molecule has 0 fully saturated rings. The van der Waals surface area contributed by atoms with E-state index in [1.54, 1.807) is 0 Å². The highest BCUT2D eigenvalue weighted by Gasteiger charge is 2.39. The lowest BCUT2D eigenvalue weighted by molar-refractivity contribution is -0.385. The highest BCUT2D eigenvalue weighted by molar-refractivity contribution is 7.91. The Bertz CT molecular complexity index is 862. The lowest BCUT2D eigenvalue weighted by Crippen LogP contribution is -2.14. The standard InChI is InChI=1S/C13H9F3N2O4S/c14-13(15,16)11-7-9(18(19)20)3-6-12(11)23(21,22)10-4-1-8(17)2-5-10/h1-7H,17H2. The molecule has 0 aliphatic carbocycles. The van der Waals surface area contributed by atoms with E-state index in [1.807, 2.05) is 0 Å². The van der Waals surface area contributed by atoms with Crippen LogP contribution in [0.4, 0.5) is 24.5 Å². The van der Waals surface area contributed by atoms with Crippen molar-refractivity contribution in [3.05, 3.63) is 58.1 Å². The van der Waals surface area contributed by atoms with Gasteiger partial charge in [-0.05, 0) is 30.3 Å². The van der Waals surface area contributed by atoms with Gasteiger partial charge in [-0.15, -0.1) is 0 Å². The number of anilines is 1. The van der Waals surface area contributed by atoms with E-state index >= 15 is 0 Å². The minimum absolute atomic E-state index is 0.199. The Kier molecular flexibility index (Phi) is 4.03. The summed E-state index contributed by atoms with van der Waals surface area (Å²) >= 11 is 0. The molecule has 0 aromatic heterocycles. The third kappa shape index (κ3) is 3.26. The van der Waals surface area contributed by atoms with Crippen molar-refractivity contribution in [2.75, 3.05) is 5.73 Å². The van der Waals surface area contributed by atoms with Crippen LogP contribution in [0.5, 0.6) is 0 Å². The molecule has 10 heteroatoms. The summed E-state index contributed by atoms with van der Waals surface area (Å²) in [4.78, 5) is 8.14. The molecular weight excluding hydrogens is 337 g/mol. The molecule has 0 unspecified atom stereocenters. The van der Waals surface area contributed by atoms with E-state index in [2.05, 4.69) is 0 Å². The van der Waals surface area contributed by atoms with Crippen LogP contribution in [-0.4, -0.2) is 13.3 Å². The highest BCUT2D eigenvalue weighted by atomic mass is 32.2. The first-order valence-corrected chi connectivity index (χ1v) is 7.48. The van der Waals surface area contributed by atoms with Gasteiger partial charge >= 0.3 is 6.18 Å². The Hall–Kier alpha value is -2.62. The molecule has 2 aromatic carbocycles. The molecule has 122 valence electrons. The minimum atomic E-state index is -5.07. The van der Waals surface area contributed by atoms with Crippen LogP contribution < -0.4 is 5.73 Å². The zero-order valence-electron chi connectivity index (χ0n) is 11.2. The summed E-state index contributed by atoms with van der Waals surface area (Å²) in [6.45, 7) is 0. The monoisotopic (exact) mass is 346 g/mol. The molecule has 0 aliphatic heterocycles. The predicted octanol–water partition coefficient (Wildman–Crippen LogP) is 3.03. The molecule has 0 atom stereocenters. The molecule has 0 radical (unpaired) electrons. The SMILES string of the molecule is Nc1ccc(S(=O)(=O)c2ccc([N+](=O)[O-])cc2C(F)(F)F)cc1. The summed E-state index contributed by atoms with van der Waals surface area (Å²) in [5, 5.41) is 10.6. The summed E-state index contributed by atoms with van der Waals surface area (Å²) in [5.41, 5.74) is 3.20. The Balaban J connectivity index is 2.71. The number of hydrogen-bond acceptors (Lipinski definition) is 5. The minimum Gasteiger partial charge on any atom is -0.399 e. The Labute approximate surface area is 128 Å². The van der Waals surface area contributed by atoms with Gasteiger partial charge in [0, 0.05) is 17.8 Å². The van der Waals surface area contributed by atoms with Crippen LogP contribution >= 0.6 is 0 Å². The second-order valence-electron chi connectivity index (χ2n) is 4.51. The van der Waals surface area contributed by atoms with Crippen LogP contribution in [0.2, 0.25) is 0 Å². The quantitative estimate of drug-likeness (QED) is 0.523. The van der Waals surface area contributed by atoms with Crippen LogP contribution in [-0.2, 0) is 16.0 Å². The number of halogens is 3. The van der Waals surface area contributed by atoms with Gasteiger partial charge < -0.3 is 5.73 Å². The number of hydrogen-bond donors (Lipinski definition) is 1. The van der Waals surface area contributed by atoms with Crippen molar-refractivity contribution in [1.29, 1.82) is 0 Å². The van der Waals surface area contributed by atoms with Crippen LogP contribution in [0, 0.1) is 10.1 Å². The van der Waals surface area contributed by atoms with Gasteiger partial charge in [-0.2, -0.15) is 13.2 Å². The topological polar surface area (TPSA) is 103 Å². The van der Waals surface area contributed by atoms with E-state index in [4.69, 9.17) is 5.73 Å². The highest BCUT2D eigenvalue weighted by Crippen LogP contribution is 2.38. The first-order valence-electron chi connectivity index (χ1n) is 6.00. The van der Waals surface area contributed by atoms with Crippen LogP contribution in [0.15, 0.2) is 52.3 Å². The third-order valence-electron chi connectivity index (χ3n) is 2.96. The average molecular weight is 346 g/mol. The maximum absolute atomic E-state index is 13.1. The number of nitro groups is 1. The molecule has 23 heavy (non-hydrogen) atoms. The number of rotatable bonds is 3. The number of benzene rings is 2. The lowest BCUT2D eigenvalue weighted by atomic mass is 10.2. The molecule has 2 aromatic rings. The molecular formula is C13H9F3N2O4S. The number of nitrogen functional groups attached to an aromatic ring is 1. The summed E-state index contributed by atoms with van der Waals surface area (Å²) in [6.07, 6.45) is -5.07. The molecule has 0 bridgehead atoms. The largest absolute Gasteiger partial charge is 0.417 e. The smallest absolute Gasteiger partial charge is 0.399 e. The van der Waals surface area contributed by atoms with E-state index in [0.29, 0.717) is 12.1 Å². The summed E-state index contributed by atoms with van der Waals surface area (Å²) in [5.74, 6) is 0. The summed E-state index contributed by atoms with van der Waals surface area (Å²) in [6, 6.07) is 6.06. The molecule has 0 heterocycles. The fraction of sp³-hybridized carbons (Fsp3) is 0.0769. The van der Waals surface area contributed by atoms with Gasteiger partial charge in [-0.3, -0.25) is 10.1 Å². The molecule has 6 nitrogen and oxygen atoms in total. The average Bonchev–Trinajstić information content (AvgIpc) is 2.46. The molecule has 2 rings (SSSR count). The molecule has 0 saturated heterocycles. The van der Waals surface area contributed by atoms with E-state index in [1.165, 1.54) is 12.1 Å². The van der Waals surface area contributed by atoms with Gasteiger partial charge in [-0.25, -0.2) is 8.42 Å². The second kappa shape index (κ2) is 5.54. The summed E-state index contributed by atoms with van der Waals surface area (Å²) < 4.78 is 64.1. The number of alkyl halides is 3. The van der Waals surface area contributed by atoms with Gasteiger partial charge in [0.1, 0.15) is 0 Å². The van der Waals surface area contributed by atoms with Crippen molar-refractivity contribution in [3.8, 4) is 0 Å². The maximum atomic E-state index is 13.1. The first-order chi connectivity index (χ1) is 10.5. The van der Waals surface area contributed by atoms with Crippen molar-refractivity contribution in [1.82, 2.24) is 0 Å². The third-order valence-corrected chi connectivity index (χ3v) is 4.79. The van der Waals surface area contributed by atoms with Crippen molar-refractivity contribution in [2.45, 2.75) is 16.0 Å². The van der Waals surface area contributed by atoms with Crippen LogP contribution in [0.3, 0.4) is 0 Å². The zero-order valence-corrected chi connectivity index (χ0v) is 12.1. The Morgan fingerprint density at radius 1 is 1.04 bits per heavy atom. The van der Waals surface area contributed by atoms with E-state index < -0.39 is 42.0 Å². The number of nitro benzene ring substituents is 1. The molecule has 0 amide bonds. The Morgan fingerprint density at radius 3 is 2.09 bits per heavy atom. The number of nitrogens with two attached hydrogens (primary N) is 1. The Morgan fingerprint density at radius 2 is 1.61 bits per heavy atom. The van der Waals surface area contributed by atoms with E-state index in [0.717, 1.165) is 12.1 Å². The van der Waals surface area contributed by atoms with Gasteiger partial charge in [0.25, 0.3) is 5.69 Å². The van der Waals surface area contributed by atoms with Crippen molar-refractivity contribution >= 4 is 21.2 Å². The van der Waals surface area contributed by atoms with Gasteiger partial charge in [-0.1, -0.05) is 0 Å². The molecule has 0 saturated carbocycles.